The standard InChI is InChI=1S/C22H25N3O5/c1-2-3-12-25-19-9-5-4-8-17(19)24-18(22(25)28)10-11-21(27)30-15-20(26)23-14-16-7-6-13-29-16/h4-9,13H,2-3,10-12,14-15H2,1H3,(H,23,26). The van der Waals surface area contributed by atoms with Crippen LogP contribution in [0.25, 0.3) is 11.0 Å². The molecule has 2 aromatic heterocycles. The van der Waals surface area contributed by atoms with Gasteiger partial charge in [-0.25, -0.2) is 4.98 Å². The molecule has 0 unspecified atom stereocenters. The monoisotopic (exact) mass is 411 g/mol. The van der Waals surface area contributed by atoms with Gasteiger partial charge >= 0.3 is 5.97 Å². The molecule has 0 spiro atoms. The lowest BCUT2D eigenvalue weighted by Crippen LogP contribution is -2.29. The molecular formula is C22H25N3O5. The molecule has 1 aromatic carbocycles. The normalized spacial score (nSPS) is 10.8. The number of aryl methyl sites for hydroxylation is 2. The van der Waals surface area contributed by atoms with E-state index < -0.39 is 11.9 Å². The molecule has 0 aliphatic rings. The van der Waals surface area contributed by atoms with Crippen molar-refractivity contribution in [3.05, 3.63) is 64.5 Å². The highest BCUT2D eigenvalue weighted by molar-refractivity contribution is 5.80. The zero-order valence-electron chi connectivity index (χ0n) is 16.9. The topological polar surface area (TPSA) is 103 Å². The number of aromatic nitrogens is 2. The van der Waals surface area contributed by atoms with Crippen molar-refractivity contribution >= 4 is 22.9 Å². The molecule has 0 bridgehead atoms. The number of hydrogen-bond donors (Lipinski definition) is 1. The maximum Gasteiger partial charge on any atom is 0.306 e. The number of carbonyl (C=O) groups is 2. The highest BCUT2D eigenvalue weighted by Gasteiger charge is 2.14. The van der Waals surface area contributed by atoms with Gasteiger partial charge in [0.25, 0.3) is 11.5 Å². The Labute approximate surface area is 173 Å². The number of fused-ring (bicyclic) bond motifs is 1. The number of rotatable bonds is 10. The molecule has 0 saturated heterocycles. The summed E-state index contributed by atoms with van der Waals surface area (Å²) in [6, 6.07) is 10.9. The minimum Gasteiger partial charge on any atom is -0.467 e. The van der Waals surface area contributed by atoms with Crippen molar-refractivity contribution in [2.75, 3.05) is 6.61 Å². The van der Waals surface area contributed by atoms with Crippen LogP contribution in [0.1, 0.15) is 37.6 Å². The van der Waals surface area contributed by atoms with E-state index in [1.807, 2.05) is 24.3 Å². The largest absolute Gasteiger partial charge is 0.467 e. The van der Waals surface area contributed by atoms with Crippen LogP contribution in [0.3, 0.4) is 0 Å². The van der Waals surface area contributed by atoms with Crippen LogP contribution in [-0.4, -0.2) is 28.0 Å². The molecule has 158 valence electrons. The average molecular weight is 411 g/mol. The third kappa shape index (κ3) is 5.56. The molecule has 0 aliphatic carbocycles. The quantitative estimate of drug-likeness (QED) is 0.514. The van der Waals surface area contributed by atoms with E-state index in [-0.39, 0.29) is 31.6 Å². The van der Waals surface area contributed by atoms with Crippen molar-refractivity contribution in [3.63, 3.8) is 0 Å². The number of unbranched alkanes of at least 4 members (excludes halogenated alkanes) is 1. The number of carbonyl (C=O) groups excluding carboxylic acids is 2. The molecule has 8 heteroatoms. The summed E-state index contributed by atoms with van der Waals surface area (Å²) >= 11 is 0. The van der Waals surface area contributed by atoms with Crippen molar-refractivity contribution < 1.29 is 18.7 Å². The summed E-state index contributed by atoms with van der Waals surface area (Å²) in [5.41, 5.74) is 1.64. The lowest BCUT2D eigenvalue weighted by Gasteiger charge is -2.12. The highest BCUT2D eigenvalue weighted by Crippen LogP contribution is 2.12. The van der Waals surface area contributed by atoms with Gasteiger partial charge in [0.1, 0.15) is 11.5 Å². The van der Waals surface area contributed by atoms with E-state index in [9.17, 15) is 14.4 Å². The SMILES string of the molecule is CCCCn1c(=O)c(CCC(=O)OCC(=O)NCc2ccco2)nc2ccccc21. The number of esters is 1. The van der Waals surface area contributed by atoms with Crippen LogP contribution >= 0.6 is 0 Å². The number of para-hydroxylation sites is 2. The zero-order chi connectivity index (χ0) is 21.3. The van der Waals surface area contributed by atoms with Crippen molar-refractivity contribution in [2.24, 2.45) is 0 Å². The molecule has 3 rings (SSSR count). The first-order valence-corrected chi connectivity index (χ1v) is 10.0. The third-order valence-corrected chi connectivity index (χ3v) is 4.63. The van der Waals surface area contributed by atoms with Gasteiger partial charge in [-0.05, 0) is 30.7 Å². The maximum atomic E-state index is 12.8. The predicted octanol–water partition coefficient (Wildman–Crippen LogP) is 2.58. The summed E-state index contributed by atoms with van der Waals surface area (Å²) < 4.78 is 11.8. The first kappa shape index (κ1) is 21.3. The Morgan fingerprint density at radius 3 is 2.80 bits per heavy atom. The van der Waals surface area contributed by atoms with Gasteiger partial charge in [-0.2, -0.15) is 0 Å². The fourth-order valence-electron chi connectivity index (χ4n) is 3.03. The Balaban J connectivity index is 1.56. The van der Waals surface area contributed by atoms with Crippen LogP contribution in [-0.2, 0) is 33.8 Å². The van der Waals surface area contributed by atoms with Gasteiger partial charge in [-0.1, -0.05) is 25.5 Å². The zero-order valence-corrected chi connectivity index (χ0v) is 16.9. The molecule has 0 radical (unpaired) electrons. The first-order chi connectivity index (χ1) is 14.6. The van der Waals surface area contributed by atoms with Crippen molar-refractivity contribution in [1.82, 2.24) is 14.9 Å². The minimum absolute atomic E-state index is 0.0280. The van der Waals surface area contributed by atoms with E-state index in [0.29, 0.717) is 23.5 Å². The van der Waals surface area contributed by atoms with E-state index in [0.717, 1.165) is 18.4 Å². The van der Waals surface area contributed by atoms with E-state index in [1.54, 1.807) is 16.7 Å². The van der Waals surface area contributed by atoms with Gasteiger partial charge in [0, 0.05) is 13.0 Å². The van der Waals surface area contributed by atoms with Gasteiger partial charge < -0.3 is 19.0 Å². The molecule has 1 N–H and O–H groups in total. The van der Waals surface area contributed by atoms with Crippen LogP contribution in [0.15, 0.2) is 51.9 Å². The number of ether oxygens (including phenoxy) is 1. The minimum atomic E-state index is -0.558. The Hall–Kier alpha value is -3.42. The second-order valence-electron chi connectivity index (χ2n) is 6.87. The van der Waals surface area contributed by atoms with E-state index in [1.165, 1.54) is 6.26 Å². The molecule has 1 amide bonds. The Morgan fingerprint density at radius 2 is 2.03 bits per heavy atom. The van der Waals surface area contributed by atoms with Crippen LogP contribution in [0, 0.1) is 0 Å². The third-order valence-electron chi connectivity index (χ3n) is 4.63. The summed E-state index contributed by atoms with van der Waals surface area (Å²) in [5, 5.41) is 2.59. The van der Waals surface area contributed by atoms with Gasteiger partial charge in [-0.3, -0.25) is 14.4 Å². The molecule has 30 heavy (non-hydrogen) atoms. The van der Waals surface area contributed by atoms with Crippen LogP contribution in [0.4, 0.5) is 0 Å². The van der Waals surface area contributed by atoms with Crippen LogP contribution in [0.5, 0.6) is 0 Å². The lowest BCUT2D eigenvalue weighted by molar-refractivity contribution is -0.148. The highest BCUT2D eigenvalue weighted by atomic mass is 16.5. The predicted molar refractivity (Wildman–Crippen MR) is 111 cm³/mol. The van der Waals surface area contributed by atoms with Gasteiger partial charge in [0.2, 0.25) is 0 Å². The van der Waals surface area contributed by atoms with Crippen molar-refractivity contribution in [2.45, 2.75) is 45.7 Å². The molecule has 0 fully saturated rings. The lowest BCUT2D eigenvalue weighted by atomic mass is 10.2. The van der Waals surface area contributed by atoms with E-state index in [2.05, 4.69) is 17.2 Å². The molecule has 0 atom stereocenters. The Bertz CT molecular complexity index is 1060. The molecule has 8 nitrogen and oxygen atoms in total. The molecule has 0 aliphatic heterocycles. The molecule has 3 aromatic rings. The number of hydrogen-bond acceptors (Lipinski definition) is 6. The van der Waals surface area contributed by atoms with E-state index in [4.69, 9.17) is 9.15 Å². The molecule has 2 heterocycles. The number of amides is 1. The summed E-state index contributed by atoms with van der Waals surface area (Å²) in [5.74, 6) is -0.375. The fourth-order valence-corrected chi connectivity index (χ4v) is 3.03. The number of nitrogens with zero attached hydrogens (tertiary/aromatic N) is 2. The second-order valence-corrected chi connectivity index (χ2v) is 6.87. The van der Waals surface area contributed by atoms with Crippen LogP contribution < -0.4 is 10.9 Å². The van der Waals surface area contributed by atoms with Crippen molar-refractivity contribution in [3.8, 4) is 0 Å². The maximum absolute atomic E-state index is 12.8. The van der Waals surface area contributed by atoms with Gasteiger partial charge in [-0.15, -0.1) is 0 Å². The van der Waals surface area contributed by atoms with Gasteiger partial charge in [0.05, 0.1) is 30.3 Å². The number of nitrogens with one attached hydrogen (secondary N) is 1. The summed E-state index contributed by atoms with van der Waals surface area (Å²) in [4.78, 5) is 41.1. The smallest absolute Gasteiger partial charge is 0.306 e. The summed E-state index contributed by atoms with van der Waals surface area (Å²) in [6.45, 7) is 2.51. The van der Waals surface area contributed by atoms with Crippen molar-refractivity contribution in [1.29, 1.82) is 0 Å². The first-order valence-electron chi connectivity index (χ1n) is 10.0. The second kappa shape index (κ2) is 10.4. The summed E-state index contributed by atoms with van der Waals surface area (Å²) in [7, 11) is 0. The average Bonchev–Trinajstić information content (AvgIpc) is 3.28. The summed E-state index contributed by atoms with van der Waals surface area (Å²) in [6.07, 6.45) is 3.48. The van der Waals surface area contributed by atoms with Gasteiger partial charge in [0.15, 0.2) is 6.61 Å². The fraction of sp³-hybridized carbons (Fsp3) is 0.364. The van der Waals surface area contributed by atoms with E-state index >= 15 is 0 Å². The molecular weight excluding hydrogens is 386 g/mol. The molecule has 0 saturated carbocycles. The Kier molecular flexibility index (Phi) is 7.37. The number of furan rings is 1. The Morgan fingerprint density at radius 1 is 1.20 bits per heavy atom. The van der Waals surface area contributed by atoms with Crippen LogP contribution in [0.2, 0.25) is 0 Å². The number of benzene rings is 1.